The van der Waals surface area contributed by atoms with Gasteiger partial charge in [-0.3, -0.25) is 9.59 Å². The molecule has 0 aliphatic carbocycles. The van der Waals surface area contributed by atoms with Gasteiger partial charge in [0, 0.05) is 10.6 Å². The van der Waals surface area contributed by atoms with Crippen molar-refractivity contribution >= 4 is 33.2 Å². The van der Waals surface area contributed by atoms with Gasteiger partial charge in [0.05, 0.1) is 17.1 Å². The van der Waals surface area contributed by atoms with Crippen molar-refractivity contribution < 1.29 is 22.7 Å². The topological polar surface area (TPSA) is 77.5 Å². The second-order valence-electron chi connectivity index (χ2n) is 4.97. The van der Waals surface area contributed by atoms with Gasteiger partial charge in [0.2, 0.25) is 0 Å². The number of ether oxygens (including phenoxy) is 1. The van der Waals surface area contributed by atoms with Crippen molar-refractivity contribution in [2.24, 2.45) is 0 Å². The van der Waals surface area contributed by atoms with Crippen LogP contribution in [0.15, 0.2) is 59.5 Å². The molecule has 0 saturated carbocycles. The molecule has 2 rings (SSSR count). The first-order valence-corrected chi connectivity index (χ1v) is 9.14. The van der Waals surface area contributed by atoms with E-state index in [2.05, 4.69) is 0 Å². The van der Waals surface area contributed by atoms with E-state index in [9.17, 15) is 18.0 Å². The van der Waals surface area contributed by atoms with Crippen molar-refractivity contribution in [3.05, 3.63) is 65.2 Å². The molecule has 0 radical (unpaired) electrons. The van der Waals surface area contributed by atoms with E-state index in [-0.39, 0.29) is 22.9 Å². The minimum absolute atomic E-state index is 0.148. The van der Waals surface area contributed by atoms with Crippen LogP contribution in [-0.2, 0) is 19.4 Å². The lowest BCUT2D eigenvalue weighted by Gasteiger charge is -2.06. The number of carbonyl (C=O) groups is 2. The van der Waals surface area contributed by atoms with Crippen LogP contribution in [0.4, 0.5) is 0 Å². The number of halogens is 1. The van der Waals surface area contributed by atoms with Gasteiger partial charge in [0.1, 0.15) is 0 Å². The molecule has 0 aliphatic heterocycles. The Hall–Kier alpha value is -2.18. The van der Waals surface area contributed by atoms with Crippen LogP contribution in [0.5, 0.6) is 0 Å². The van der Waals surface area contributed by atoms with Gasteiger partial charge in [-0.2, -0.15) is 0 Å². The SMILES string of the molecule is O=C(CCS(=O)(=O)c1ccccc1)OCC(=O)c1ccc(Cl)cc1. The molecule has 2 aromatic rings. The third-order valence-corrected chi connectivity index (χ3v) is 5.19. The van der Waals surface area contributed by atoms with Gasteiger partial charge in [-0.15, -0.1) is 0 Å². The summed E-state index contributed by atoms with van der Waals surface area (Å²) in [6.45, 7) is -0.439. The molecule has 24 heavy (non-hydrogen) atoms. The molecule has 0 unspecified atom stereocenters. The van der Waals surface area contributed by atoms with Gasteiger partial charge in [-0.25, -0.2) is 8.42 Å². The lowest BCUT2D eigenvalue weighted by molar-refractivity contribution is -0.142. The maximum absolute atomic E-state index is 12.0. The molecular formula is C17H15ClO5S. The third-order valence-electron chi connectivity index (χ3n) is 3.21. The van der Waals surface area contributed by atoms with E-state index in [0.29, 0.717) is 10.6 Å². The van der Waals surface area contributed by atoms with E-state index < -0.39 is 22.4 Å². The number of rotatable bonds is 7. The summed E-state index contributed by atoms with van der Waals surface area (Å²) in [5.74, 6) is -1.49. The summed E-state index contributed by atoms with van der Waals surface area (Å²) >= 11 is 5.72. The number of hydrogen-bond acceptors (Lipinski definition) is 5. The number of sulfone groups is 1. The van der Waals surface area contributed by atoms with Crippen LogP contribution in [0, 0.1) is 0 Å². The van der Waals surface area contributed by atoms with Crippen LogP contribution in [0.25, 0.3) is 0 Å². The summed E-state index contributed by atoms with van der Waals surface area (Å²) in [7, 11) is -3.55. The maximum atomic E-state index is 12.0. The highest BCUT2D eigenvalue weighted by Crippen LogP contribution is 2.12. The monoisotopic (exact) mass is 366 g/mol. The van der Waals surface area contributed by atoms with E-state index in [4.69, 9.17) is 16.3 Å². The van der Waals surface area contributed by atoms with Gasteiger partial charge in [-0.05, 0) is 36.4 Å². The van der Waals surface area contributed by atoms with Crippen LogP contribution >= 0.6 is 11.6 Å². The van der Waals surface area contributed by atoms with Gasteiger partial charge in [-0.1, -0.05) is 29.8 Å². The second kappa shape index (κ2) is 8.08. The summed E-state index contributed by atoms with van der Waals surface area (Å²) in [6, 6.07) is 14.0. The van der Waals surface area contributed by atoms with Crippen LogP contribution < -0.4 is 0 Å². The average Bonchev–Trinajstić information content (AvgIpc) is 2.59. The quantitative estimate of drug-likeness (QED) is 0.556. The van der Waals surface area contributed by atoms with Crippen molar-refractivity contribution in [2.45, 2.75) is 11.3 Å². The Morgan fingerprint density at radius 3 is 2.21 bits per heavy atom. The fourth-order valence-corrected chi connectivity index (χ4v) is 3.27. The standard InChI is InChI=1S/C17H15ClO5S/c18-14-8-6-13(7-9-14)16(19)12-23-17(20)10-11-24(21,22)15-4-2-1-3-5-15/h1-9H,10-12H2. The molecule has 0 fully saturated rings. The molecule has 126 valence electrons. The summed E-state index contributed by atoms with van der Waals surface area (Å²) in [6.07, 6.45) is -0.314. The highest BCUT2D eigenvalue weighted by atomic mass is 35.5. The Kier molecular flexibility index (Phi) is 6.11. The Balaban J connectivity index is 1.83. The highest BCUT2D eigenvalue weighted by Gasteiger charge is 2.17. The van der Waals surface area contributed by atoms with Crippen molar-refractivity contribution in [2.75, 3.05) is 12.4 Å². The van der Waals surface area contributed by atoms with E-state index >= 15 is 0 Å². The Morgan fingerprint density at radius 1 is 0.958 bits per heavy atom. The normalized spacial score (nSPS) is 11.0. The predicted octanol–water partition coefficient (Wildman–Crippen LogP) is 2.93. The molecule has 0 atom stereocenters. The van der Waals surface area contributed by atoms with Gasteiger partial charge < -0.3 is 4.74 Å². The number of hydrogen-bond donors (Lipinski definition) is 0. The molecule has 0 aromatic heterocycles. The number of benzene rings is 2. The molecule has 0 spiro atoms. The van der Waals surface area contributed by atoms with Crippen molar-refractivity contribution in [1.82, 2.24) is 0 Å². The zero-order valence-corrected chi connectivity index (χ0v) is 14.2. The zero-order valence-electron chi connectivity index (χ0n) is 12.6. The number of carbonyl (C=O) groups excluding carboxylic acids is 2. The Bertz CT molecular complexity index is 814. The van der Waals surface area contributed by atoms with E-state index in [1.54, 1.807) is 30.3 Å². The van der Waals surface area contributed by atoms with Crippen molar-refractivity contribution in [1.29, 1.82) is 0 Å². The molecule has 0 saturated heterocycles. The molecule has 0 heterocycles. The third kappa shape index (κ3) is 5.18. The minimum atomic E-state index is -3.55. The number of esters is 1. The van der Waals surface area contributed by atoms with E-state index in [0.717, 1.165) is 0 Å². The Morgan fingerprint density at radius 2 is 1.58 bits per heavy atom. The minimum Gasteiger partial charge on any atom is -0.457 e. The van der Waals surface area contributed by atoms with E-state index in [1.807, 2.05) is 0 Å². The van der Waals surface area contributed by atoms with Crippen molar-refractivity contribution in [3.63, 3.8) is 0 Å². The molecule has 0 aliphatic rings. The molecule has 5 nitrogen and oxygen atoms in total. The molecule has 7 heteroatoms. The number of ketones is 1. The van der Waals surface area contributed by atoms with Crippen molar-refractivity contribution in [3.8, 4) is 0 Å². The van der Waals surface area contributed by atoms with Gasteiger partial charge in [0.25, 0.3) is 0 Å². The lowest BCUT2D eigenvalue weighted by Crippen LogP contribution is -2.17. The molecule has 0 amide bonds. The lowest BCUT2D eigenvalue weighted by atomic mass is 10.1. The molecular weight excluding hydrogens is 352 g/mol. The highest BCUT2D eigenvalue weighted by molar-refractivity contribution is 7.91. The van der Waals surface area contributed by atoms with Gasteiger partial charge >= 0.3 is 5.97 Å². The summed E-state index contributed by atoms with van der Waals surface area (Å²) in [4.78, 5) is 23.6. The number of Topliss-reactive ketones (excluding diaryl/α,β-unsaturated/α-hetero) is 1. The first-order valence-electron chi connectivity index (χ1n) is 7.11. The average molecular weight is 367 g/mol. The molecule has 2 aromatic carbocycles. The van der Waals surface area contributed by atoms with Crippen LogP contribution in [0.3, 0.4) is 0 Å². The summed E-state index contributed by atoms with van der Waals surface area (Å²) in [5.41, 5.74) is 0.365. The van der Waals surface area contributed by atoms with Crippen LogP contribution in [-0.4, -0.2) is 32.5 Å². The largest absolute Gasteiger partial charge is 0.457 e. The smallest absolute Gasteiger partial charge is 0.307 e. The summed E-state index contributed by atoms with van der Waals surface area (Å²) in [5, 5.41) is 0.495. The molecule has 0 bridgehead atoms. The van der Waals surface area contributed by atoms with Gasteiger partial charge in [0.15, 0.2) is 22.2 Å². The molecule has 0 N–H and O–H groups in total. The van der Waals surface area contributed by atoms with Crippen LogP contribution in [0.1, 0.15) is 16.8 Å². The predicted molar refractivity (Wildman–Crippen MR) is 89.9 cm³/mol. The summed E-state index contributed by atoms with van der Waals surface area (Å²) < 4.78 is 28.9. The van der Waals surface area contributed by atoms with E-state index in [1.165, 1.54) is 24.3 Å². The zero-order chi connectivity index (χ0) is 17.6. The fourth-order valence-electron chi connectivity index (χ4n) is 1.90. The first-order chi connectivity index (χ1) is 11.4. The van der Waals surface area contributed by atoms with Crippen LogP contribution in [0.2, 0.25) is 5.02 Å². The Labute approximate surface area is 145 Å². The maximum Gasteiger partial charge on any atom is 0.307 e. The fraction of sp³-hybridized carbons (Fsp3) is 0.176. The first kappa shape index (κ1) is 18.2. The second-order valence-corrected chi connectivity index (χ2v) is 7.52.